The number of rotatable bonds is 2. The molecule has 0 saturated carbocycles. The molecule has 0 aliphatic carbocycles. The molecule has 0 saturated heterocycles. The molecule has 0 spiro atoms. The zero-order valence-corrected chi connectivity index (χ0v) is 9.28. The molecule has 0 aliphatic rings. The summed E-state index contributed by atoms with van der Waals surface area (Å²) in [7, 11) is 0. The van der Waals surface area contributed by atoms with E-state index in [0.717, 1.165) is 5.56 Å². The SMILES string of the molecule is Cc1ccc(C(N)C(F)(F)C(F)(F)F)cc1C. The highest BCUT2D eigenvalue weighted by Crippen LogP contribution is 2.43. The van der Waals surface area contributed by atoms with E-state index < -0.39 is 18.1 Å². The fourth-order valence-electron chi connectivity index (χ4n) is 1.34. The standard InChI is InChI=1S/C11H12F5N/c1-6-3-4-8(5-7(6)2)9(17)10(12,13)11(14,15)16/h3-5,9H,17H2,1-2H3. The molecule has 2 N–H and O–H groups in total. The second-order valence-electron chi connectivity index (χ2n) is 3.94. The van der Waals surface area contributed by atoms with E-state index in [9.17, 15) is 22.0 Å². The quantitative estimate of drug-likeness (QED) is 0.802. The van der Waals surface area contributed by atoms with Crippen molar-refractivity contribution in [2.45, 2.75) is 32.0 Å². The van der Waals surface area contributed by atoms with Gasteiger partial charge in [-0.05, 0) is 30.5 Å². The number of hydrogen-bond donors (Lipinski definition) is 1. The van der Waals surface area contributed by atoms with Crippen LogP contribution in [0.3, 0.4) is 0 Å². The molecule has 1 nitrogen and oxygen atoms in total. The van der Waals surface area contributed by atoms with Gasteiger partial charge < -0.3 is 5.73 Å². The molecule has 0 heterocycles. The average molecular weight is 253 g/mol. The normalized spacial score (nSPS) is 14.8. The lowest BCUT2D eigenvalue weighted by Crippen LogP contribution is -2.45. The number of aryl methyl sites for hydroxylation is 2. The minimum absolute atomic E-state index is 0.226. The topological polar surface area (TPSA) is 26.0 Å². The molecule has 0 aliphatic heterocycles. The summed E-state index contributed by atoms with van der Waals surface area (Å²) < 4.78 is 62.3. The summed E-state index contributed by atoms with van der Waals surface area (Å²) in [6.45, 7) is 3.35. The molecule has 0 fully saturated rings. The summed E-state index contributed by atoms with van der Waals surface area (Å²) in [5.41, 5.74) is 6.20. The highest BCUT2D eigenvalue weighted by molar-refractivity contribution is 5.32. The molecule has 0 bridgehead atoms. The van der Waals surface area contributed by atoms with E-state index in [1.54, 1.807) is 13.8 Å². The van der Waals surface area contributed by atoms with Crippen molar-refractivity contribution in [2.24, 2.45) is 5.73 Å². The molecule has 0 radical (unpaired) electrons. The van der Waals surface area contributed by atoms with Gasteiger partial charge >= 0.3 is 12.1 Å². The second-order valence-corrected chi connectivity index (χ2v) is 3.94. The Morgan fingerprint density at radius 1 is 1.00 bits per heavy atom. The lowest BCUT2D eigenvalue weighted by atomic mass is 9.97. The van der Waals surface area contributed by atoms with Crippen LogP contribution in [0.25, 0.3) is 0 Å². The van der Waals surface area contributed by atoms with Crippen LogP contribution in [0.15, 0.2) is 18.2 Å². The van der Waals surface area contributed by atoms with Gasteiger partial charge in [-0.2, -0.15) is 22.0 Å². The number of halogens is 5. The highest BCUT2D eigenvalue weighted by atomic mass is 19.4. The van der Waals surface area contributed by atoms with Crippen molar-refractivity contribution < 1.29 is 22.0 Å². The minimum atomic E-state index is -5.65. The van der Waals surface area contributed by atoms with Crippen LogP contribution in [0.5, 0.6) is 0 Å². The first kappa shape index (κ1) is 13.9. The van der Waals surface area contributed by atoms with Gasteiger partial charge in [-0.3, -0.25) is 0 Å². The smallest absolute Gasteiger partial charge is 0.319 e. The van der Waals surface area contributed by atoms with E-state index in [1.807, 2.05) is 0 Å². The van der Waals surface area contributed by atoms with Crippen LogP contribution < -0.4 is 5.73 Å². The van der Waals surface area contributed by atoms with Gasteiger partial charge in [0, 0.05) is 0 Å². The van der Waals surface area contributed by atoms with Crippen LogP contribution in [0.4, 0.5) is 22.0 Å². The summed E-state index contributed by atoms with van der Waals surface area (Å²) in [5.74, 6) is -4.94. The molecule has 1 unspecified atom stereocenters. The molecular formula is C11H12F5N. The van der Waals surface area contributed by atoms with Crippen LogP contribution in [0.1, 0.15) is 22.7 Å². The molecule has 1 aromatic carbocycles. The first-order valence-corrected chi connectivity index (χ1v) is 4.84. The molecule has 1 rings (SSSR count). The first-order valence-electron chi connectivity index (χ1n) is 4.84. The van der Waals surface area contributed by atoms with Gasteiger partial charge in [0.2, 0.25) is 0 Å². The molecule has 1 aromatic rings. The van der Waals surface area contributed by atoms with Gasteiger partial charge in [0.25, 0.3) is 0 Å². The van der Waals surface area contributed by atoms with Crippen LogP contribution in [-0.2, 0) is 0 Å². The van der Waals surface area contributed by atoms with Crippen molar-refractivity contribution >= 4 is 0 Å². The third-order valence-corrected chi connectivity index (χ3v) is 2.66. The molecule has 0 aromatic heterocycles. The third kappa shape index (κ3) is 2.57. The Bertz CT molecular complexity index is 411. The van der Waals surface area contributed by atoms with E-state index >= 15 is 0 Å². The molecule has 1 atom stereocenters. The second kappa shape index (κ2) is 4.25. The van der Waals surface area contributed by atoms with Gasteiger partial charge in [0.1, 0.15) is 6.04 Å². The Labute approximate surface area is 95.4 Å². The fourth-order valence-corrected chi connectivity index (χ4v) is 1.34. The van der Waals surface area contributed by atoms with E-state index in [-0.39, 0.29) is 5.56 Å². The van der Waals surface area contributed by atoms with Crippen molar-refractivity contribution in [3.63, 3.8) is 0 Å². The number of alkyl halides is 5. The van der Waals surface area contributed by atoms with Crippen LogP contribution >= 0.6 is 0 Å². The zero-order chi connectivity index (χ0) is 13.4. The number of benzene rings is 1. The predicted molar refractivity (Wildman–Crippen MR) is 53.8 cm³/mol. The average Bonchev–Trinajstić information content (AvgIpc) is 2.19. The van der Waals surface area contributed by atoms with Crippen LogP contribution in [-0.4, -0.2) is 12.1 Å². The van der Waals surface area contributed by atoms with Gasteiger partial charge in [0.05, 0.1) is 0 Å². The minimum Gasteiger partial charge on any atom is -0.319 e. The Morgan fingerprint density at radius 3 is 1.94 bits per heavy atom. The predicted octanol–water partition coefficient (Wildman–Crippen LogP) is 3.50. The van der Waals surface area contributed by atoms with E-state index in [4.69, 9.17) is 5.73 Å². The van der Waals surface area contributed by atoms with Crippen molar-refractivity contribution in [1.29, 1.82) is 0 Å². The van der Waals surface area contributed by atoms with Gasteiger partial charge in [-0.15, -0.1) is 0 Å². The number of nitrogens with two attached hydrogens (primary N) is 1. The van der Waals surface area contributed by atoms with Gasteiger partial charge in [-0.25, -0.2) is 0 Å². The van der Waals surface area contributed by atoms with Crippen molar-refractivity contribution in [2.75, 3.05) is 0 Å². The lowest BCUT2D eigenvalue weighted by molar-refractivity contribution is -0.291. The summed E-state index contributed by atoms with van der Waals surface area (Å²) >= 11 is 0. The maximum atomic E-state index is 13.0. The zero-order valence-electron chi connectivity index (χ0n) is 9.28. The van der Waals surface area contributed by atoms with Crippen LogP contribution in [0, 0.1) is 13.8 Å². The molecule has 0 amide bonds. The summed E-state index contributed by atoms with van der Waals surface area (Å²) in [6, 6.07) is 1.52. The molecule has 96 valence electrons. The maximum absolute atomic E-state index is 13.0. The fraction of sp³-hybridized carbons (Fsp3) is 0.455. The van der Waals surface area contributed by atoms with Crippen LogP contribution in [0.2, 0.25) is 0 Å². The molecular weight excluding hydrogens is 241 g/mol. The Kier molecular flexibility index (Phi) is 3.47. The van der Waals surface area contributed by atoms with Gasteiger partial charge in [-0.1, -0.05) is 18.2 Å². The van der Waals surface area contributed by atoms with Gasteiger partial charge in [0.15, 0.2) is 0 Å². The Hall–Kier alpha value is -1.17. The highest BCUT2D eigenvalue weighted by Gasteiger charge is 2.61. The Morgan fingerprint density at radius 2 is 1.53 bits per heavy atom. The molecule has 17 heavy (non-hydrogen) atoms. The molecule has 6 heteroatoms. The third-order valence-electron chi connectivity index (χ3n) is 2.66. The summed E-state index contributed by atoms with van der Waals surface area (Å²) in [4.78, 5) is 0. The summed E-state index contributed by atoms with van der Waals surface area (Å²) in [6.07, 6.45) is -5.65. The van der Waals surface area contributed by atoms with Crippen molar-refractivity contribution in [3.05, 3.63) is 34.9 Å². The van der Waals surface area contributed by atoms with E-state index in [2.05, 4.69) is 0 Å². The lowest BCUT2D eigenvalue weighted by Gasteiger charge is -2.26. The van der Waals surface area contributed by atoms with Crippen molar-refractivity contribution in [3.8, 4) is 0 Å². The largest absolute Gasteiger partial charge is 0.455 e. The summed E-state index contributed by atoms with van der Waals surface area (Å²) in [5, 5.41) is 0. The first-order chi connectivity index (χ1) is 7.57. The monoisotopic (exact) mass is 253 g/mol. The number of hydrogen-bond acceptors (Lipinski definition) is 1. The van der Waals surface area contributed by atoms with Crippen molar-refractivity contribution in [1.82, 2.24) is 0 Å². The Balaban J connectivity index is 3.12. The van der Waals surface area contributed by atoms with E-state index in [0.29, 0.717) is 5.56 Å². The maximum Gasteiger partial charge on any atom is 0.455 e. The van der Waals surface area contributed by atoms with E-state index in [1.165, 1.54) is 18.2 Å².